The predicted octanol–water partition coefficient (Wildman–Crippen LogP) is 3.11. The van der Waals surface area contributed by atoms with Crippen LogP contribution in [0.5, 0.6) is 0 Å². The van der Waals surface area contributed by atoms with Crippen LogP contribution in [0.1, 0.15) is 46.0 Å². The van der Waals surface area contributed by atoms with Crippen LogP contribution in [0.4, 0.5) is 4.39 Å². The Morgan fingerprint density at radius 2 is 1.95 bits per heavy atom. The molecule has 0 amide bonds. The van der Waals surface area contributed by atoms with Gasteiger partial charge in [-0.3, -0.25) is 0 Å². The summed E-state index contributed by atoms with van der Waals surface area (Å²) >= 11 is 0. The van der Waals surface area contributed by atoms with Gasteiger partial charge in [0.2, 0.25) is 5.03 Å². The number of nitrogens with one attached hydrogen (secondary N) is 1. The van der Waals surface area contributed by atoms with Gasteiger partial charge in [-0.25, -0.2) is 22.5 Å². The lowest BCUT2D eigenvalue weighted by molar-refractivity contribution is 0.515. The van der Waals surface area contributed by atoms with Crippen LogP contribution in [0.15, 0.2) is 23.4 Å². The normalized spacial score (nSPS) is 12.0. The minimum atomic E-state index is -3.83. The molecule has 1 aromatic rings. The number of rotatable bonds is 9. The number of nitrogens with zero attached hydrogens (tertiary/aromatic N) is 1. The van der Waals surface area contributed by atoms with E-state index in [-0.39, 0.29) is 0 Å². The zero-order valence-corrected chi connectivity index (χ0v) is 12.9. The summed E-state index contributed by atoms with van der Waals surface area (Å²) < 4.78 is 39.4. The predicted molar refractivity (Wildman–Crippen MR) is 77.3 cm³/mol. The summed E-state index contributed by atoms with van der Waals surface area (Å²) in [5.41, 5.74) is 0. The lowest BCUT2D eigenvalue weighted by atomic mass is 10.0. The summed E-state index contributed by atoms with van der Waals surface area (Å²) in [4.78, 5) is 3.57. The molecule has 0 aliphatic carbocycles. The maximum Gasteiger partial charge on any atom is 0.261 e. The highest BCUT2D eigenvalue weighted by molar-refractivity contribution is 7.89. The minimum absolute atomic E-state index is 0.319. The smallest absolute Gasteiger partial charge is 0.241 e. The molecule has 1 heterocycles. The molecule has 0 spiro atoms. The Labute approximate surface area is 120 Å². The second-order valence-electron chi connectivity index (χ2n) is 5.28. The Balaban J connectivity index is 2.29. The zero-order valence-electron chi connectivity index (χ0n) is 12.1. The van der Waals surface area contributed by atoms with E-state index >= 15 is 0 Å². The Bertz CT molecular complexity index is 504. The van der Waals surface area contributed by atoms with Gasteiger partial charge < -0.3 is 0 Å². The first kappa shape index (κ1) is 17.0. The van der Waals surface area contributed by atoms with Crippen LogP contribution in [0.25, 0.3) is 0 Å². The number of halogens is 1. The molecular weight excluding hydrogens is 279 g/mol. The van der Waals surface area contributed by atoms with E-state index in [2.05, 4.69) is 23.6 Å². The lowest BCUT2D eigenvalue weighted by Gasteiger charge is -2.07. The molecule has 1 N–H and O–H groups in total. The van der Waals surface area contributed by atoms with Crippen molar-refractivity contribution in [3.05, 3.63) is 24.1 Å². The second kappa shape index (κ2) is 8.32. The van der Waals surface area contributed by atoms with Gasteiger partial charge in [0.25, 0.3) is 10.0 Å². The van der Waals surface area contributed by atoms with Crippen molar-refractivity contribution in [3.8, 4) is 0 Å². The molecule has 0 saturated carbocycles. The lowest BCUT2D eigenvalue weighted by Crippen LogP contribution is -2.26. The molecule has 4 nitrogen and oxygen atoms in total. The number of aromatic nitrogens is 1. The van der Waals surface area contributed by atoms with E-state index in [4.69, 9.17) is 0 Å². The monoisotopic (exact) mass is 302 g/mol. The second-order valence-corrected chi connectivity index (χ2v) is 6.97. The van der Waals surface area contributed by atoms with Crippen LogP contribution in [-0.4, -0.2) is 19.9 Å². The van der Waals surface area contributed by atoms with Gasteiger partial charge >= 0.3 is 0 Å². The topological polar surface area (TPSA) is 59.1 Å². The average molecular weight is 302 g/mol. The number of hydrogen-bond acceptors (Lipinski definition) is 3. The van der Waals surface area contributed by atoms with Crippen molar-refractivity contribution in [1.29, 1.82) is 0 Å². The van der Waals surface area contributed by atoms with E-state index in [0.29, 0.717) is 12.5 Å². The Morgan fingerprint density at radius 3 is 2.60 bits per heavy atom. The number of unbranched alkanes of at least 4 members (excludes halogenated alkanes) is 3. The summed E-state index contributed by atoms with van der Waals surface area (Å²) in [6, 6.07) is 2.45. The van der Waals surface area contributed by atoms with Crippen molar-refractivity contribution in [2.75, 3.05) is 6.54 Å². The molecule has 0 aromatic carbocycles. The highest BCUT2D eigenvalue weighted by Crippen LogP contribution is 2.11. The molecule has 20 heavy (non-hydrogen) atoms. The largest absolute Gasteiger partial charge is 0.261 e. The van der Waals surface area contributed by atoms with Crippen LogP contribution in [0, 0.1) is 11.7 Å². The standard InChI is InChI=1S/C14H23FN2O2S/c1-12(2)8-5-3-4-6-11-17-20(18,19)14-13(15)9-7-10-16-14/h7,9-10,12,17H,3-6,8,11H2,1-2H3. The average Bonchev–Trinajstić information content (AvgIpc) is 2.37. The summed E-state index contributed by atoms with van der Waals surface area (Å²) in [7, 11) is -3.83. The van der Waals surface area contributed by atoms with E-state index in [1.54, 1.807) is 0 Å². The molecule has 0 atom stereocenters. The molecule has 0 aliphatic heterocycles. The quantitative estimate of drug-likeness (QED) is 0.713. The van der Waals surface area contributed by atoms with Crippen LogP contribution in [0.3, 0.4) is 0 Å². The van der Waals surface area contributed by atoms with E-state index in [0.717, 1.165) is 25.3 Å². The van der Waals surface area contributed by atoms with Crippen molar-refractivity contribution in [1.82, 2.24) is 9.71 Å². The van der Waals surface area contributed by atoms with Crippen molar-refractivity contribution in [3.63, 3.8) is 0 Å². The van der Waals surface area contributed by atoms with E-state index in [1.165, 1.54) is 25.1 Å². The first-order chi connectivity index (χ1) is 9.43. The highest BCUT2D eigenvalue weighted by atomic mass is 32.2. The minimum Gasteiger partial charge on any atom is -0.241 e. The van der Waals surface area contributed by atoms with Gasteiger partial charge in [0.1, 0.15) is 0 Å². The van der Waals surface area contributed by atoms with Crippen molar-refractivity contribution in [2.24, 2.45) is 5.92 Å². The van der Waals surface area contributed by atoms with Gasteiger partial charge in [-0.2, -0.15) is 0 Å². The van der Waals surface area contributed by atoms with Crippen LogP contribution in [0.2, 0.25) is 0 Å². The SMILES string of the molecule is CC(C)CCCCCCNS(=O)(=O)c1ncccc1F. The third-order valence-electron chi connectivity index (χ3n) is 2.98. The van der Waals surface area contributed by atoms with Crippen molar-refractivity contribution >= 4 is 10.0 Å². The third kappa shape index (κ3) is 5.96. The van der Waals surface area contributed by atoms with Crippen molar-refractivity contribution in [2.45, 2.75) is 51.0 Å². The first-order valence-electron chi connectivity index (χ1n) is 7.03. The third-order valence-corrected chi connectivity index (χ3v) is 4.37. The Kier molecular flexibility index (Phi) is 7.09. The fourth-order valence-corrected chi connectivity index (χ4v) is 2.95. The van der Waals surface area contributed by atoms with Crippen LogP contribution < -0.4 is 4.72 Å². The van der Waals surface area contributed by atoms with E-state index < -0.39 is 20.9 Å². The summed E-state index contributed by atoms with van der Waals surface area (Å²) in [6.45, 7) is 4.70. The molecule has 1 aromatic heterocycles. The Morgan fingerprint density at radius 1 is 1.25 bits per heavy atom. The van der Waals surface area contributed by atoms with E-state index in [9.17, 15) is 12.8 Å². The van der Waals surface area contributed by atoms with Gasteiger partial charge in [-0.1, -0.05) is 39.5 Å². The van der Waals surface area contributed by atoms with Gasteiger partial charge in [0.05, 0.1) is 0 Å². The fraction of sp³-hybridized carbons (Fsp3) is 0.643. The van der Waals surface area contributed by atoms with Gasteiger partial charge in [0, 0.05) is 12.7 Å². The molecular formula is C14H23FN2O2S. The highest BCUT2D eigenvalue weighted by Gasteiger charge is 2.19. The molecule has 0 saturated heterocycles. The maximum absolute atomic E-state index is 13.4. The van der Waals surface area contributed by atoms with Crippen molar-refractivity contribution < 1.29 is 12.8 Å². The number of hydrogen-bond donors (Lipinski definition) is 1. The molecule has 114 valence electrons. The number of pyridine rings is 1. The van der Waals surface area contributed by atoms with E-state index in [1.807, 2.05) is 0 Å². The maximum atomic E-state index is 13.4. The van der Waals surface area contributed by atoms with Gasteiger partial charge in [0.15, 0.2) is 5.82 Å². The number of sulfonamides is 1. The van der Waals surface area contributed by atoms with Gasteiger partial charge in [-0.15, -0.1) is 0 Å². The molecule has 6 heteroatoms. The van der Waals surface area contributed by atoms with Crippen LogP contribution >= 0.6 is 0 Å². The zero-order chi connectivity index (χ0) is 15.0. The molecule has 1 rings (SSSR count). The Hall–Kier alpha value is -1.01. The summed E-state index contributed by atoms with van der Waals surface area (Å²) in [5, 5.41) is -0.528. The molecule has 0 fully saturated rings. The first-order valence-corrected chi connectivity index (χ1v) is 8.52. The molecule has 0 unspecified atom stereocenters. The molecule has 0 aliphatic rings. The summed E-state index contributed by atoms with van der Waals surface area (Å²) in [6.07, 6.45) is 6.46. The van der Waals surface area contributed by atoms with Gasteiger partial charge in [-0.05, 0) is 24.5 Å². The molecule has 0 bridgehead atoms. The molecule has 0 radical (unpaired) electrons. The fourth-order valence-electron chi connectivity index (χ4n) is 1.87. The summed E-state index contributed by atoms with van der Waals surface area (Å²) in [5.74, 6) is -0.113. The van der Waals surface area contributed by atoms with Crippen LogP contribution in [-0.2, 0) is 10.0 Å².